The van der Waals surface area contributed by atoms with Gasteiger partial charge in [-0.05, 0) is 0 Å². The average Bonchev–Trinajstić information content (AvgIpc) is 3.59. The number of hydrogen-bond donors (Lipinski definition) is 2. The van der Waals surface area contributed by atoms with Crippen LogP contribution in [0.2, 0.25) is 0 Å². The number of piperazine rings is 2. The van der Waals surface area contributed by atoms with E-state index in [0.29, 0.717) is 11.6 Å². The zero-order chi connectivity index (χ0) is 30.8. The number of nitro groups is 1. The summed E-state index contributed by atoms with van der Waals surface area (Å²) in [7, 11) is 0. The van der Waals surface area contributed by atoms with Gasteiger partial charge in [-0.3, -0.25) is 10.1 Å². The molecule has 250 valence electrons. The van der Waals surface area contributed by atoms with Crippen molar-refractivity contribution in [1.82, 2.24) is 20.6 Å². The summed E-state index contributed by atoms with van der Waals surface area (Å²) < 4.78 is 4.89. The molecule has 6 aliphatic heterocycles. The third-order valence-corrected chi connectivity index (χ3v) is 13.1. The Labute approximate surface area is 269 Å². The van der Waals surface area contributed by atoms with Crippen LogP contribution in [-0.2, 0) is 0 Å². The topological polar surface area (TPSA) is 99.5 Å². The van der Waals surface area contributed by atoms with Gasteiger partial charge in [-0.25, -0.2) is 9.97 Å². The van der Waals surface area contributed by atoms with Gasteiger partial charge in [0, 0.05) is 65.0 Å². The van der Waals surface area contributed by atoms with E-state index in [2.05, 4.69) is 30.4 Å². The van der Waals surface area contributed by atoms with Crippen LogP contribution in [0.25, 0.3) is 0 Å². The van der Waals surface area contributed by atoms with Crippen molar-refractivity contribution in [2.75, 3.05) is 167 Å². The lowest BCUT2D eigenvalue weighted by atomic mass is 10.1. The van der Waals surface area contributed by atoms with Crippen molar-refractivity contribution >= 4 is 17.3 Å². The molecule has 7 rings (SSSR count). The van der Waals surface area contributed by atoms with Crippen molar-refractivity contribution < 1.29 is 22.9 Å². The predicted molar refractivity (Wildman–Crippen MR) is 176 cm³/mol. The molecule has 1 aromatic heterocycles. The first kappa shape index (κ1) is 31.4. The SMILES string of the molecule is O=[N+]([O-])c1c(N2CCC[N+]3(CC2)CC[N+]2(CCCNCC2)CC3)ncnc1N1CCC[N+]2(CC1)CC[N+]1(CCCNCC1)CC2. The number of nitrogens with one attached hydrogen (secondary N) is 2. The normalized spacial score (nSPS) is 36.9. The highest BCUT2D eigenvalue weighted by Gasteiger charge is 2.45. The zero-order valence-corrected chi connectivity index (χ0v) is 27.7. The minimum Gasteiger partial charge on any atom is -0.345 e. The van der Waals surface area contributed by atoms with E-state index >= 15 is 0 Å². The fourth-order valence-corrected chi connectivity index (χ4v) is 9.84. The fourth-order valence-electron chi connectivity index (χ4n) is 9.84. The lowest BCUT2D eigenvalue weighted by Gasteiger charge is -2.49. The first-order valence-electron chi connectivity index (χ1n) is 18.2. The molecule has 0 amide bonds. The molecule has 0 unspecified atom stereocenters. The molecule has 0 radical (unpaired) electrons. The third kappa shape index (κ3) is 6.66. The molecule has 7 heterocycles. The van der Waals surface area contributed by atoms with E-state index in [1.54, 1.807) is 6.33 Å². The van der Waals surface area contributed by atoms with Gasteiger partial charge in [0.15, 0.2) is 0 Å². The Kier molecular flexibility index (Phi) is 9.19. The first-order chi connectivity index (χ1) is 21.9. The summed E-state index contributed by atoms with van der Waals surface area (Å²) in [6, 6.07) is 0. The van der Waals surface area contributed by atoms with Crippen LogP contribution in [0.1, 0.15) is 25.7 Å². The van der Waals surface area contributed by atoms with Gasteiger partial charge in [-0.1, -0.05) is 0 Å². The molecule has 13 heteroatoms. The van der Waals surface area contributed by atoms with Crippen LogP contribution >= 0.6 is 0 Å². The number of anilines is 2. The Morgan fingerprint density at radius 3 is 1.36 bits per heavy atom. The second kappa shape index (κ2) is 13.2. The third-order valence-electron chi connectivity index (χ3n) is 13.1. The molecule has 0 aliphatic carbocycles. The van der Waals surface area contributed by atoms with Crippen molar-refractivity contribution in [2.24, 2.45) is 0 Å². The molecule has 1 aromatic rings. The summed E-state index contributed by atoms with van der Waals surface area (Å²) in [5.74, 6) is 1.08. The Morgan fingerprint density at radius 1 is 0.533 bits per heavy atom. The molecular formula is C32H59N11O2+4. The molecule has 4 spiro atoms. The summed E-state index contributed by atoms with van der Waals surface area (Å²) in [5.41, 5.74) is 0.125. The van der Waals surface area contributed by atoms with Gasteiger partial charge in [0.1, 0.15) is 58.7 Å². The highest BCUT2D eigenvalue weighted by molar-refractivity contribution is 5.71. The molecule has 13 nitrogen and oxygen atoms in total. The van der Waals surface area contributed by atoms with Gasteiger partial charge in [0.05, 0.1) is 70.4 Å². The molecule has 0 aromatic carbocycles. The molecule has 45 heavy (non-hydrogen) atoms. The van der Waals surface area contributed by atoms with Crippen LogP contribution < -0.4 is 20.4 Å². The van der Waals surface area contributed by atoms with Crippen LogP contribution in [0.4, 0.5) is 17.3 Å². The van der Waals surface area contributed by atoms with E-state index in [1.807, 2.05) is 0 Å². The average molecular weight is 630 g/mol. The predicted octanol–water partition coefficient (Wildman–Crippen LogP) is 0.0860. The van der Waals surface area contributed by atoms with Gasteiger partial charge in [0.25, 0.3) is 0 Å². The largest absolute Gasteiger partial charge is 0.353 e. The first-order valence-corrected chi connectivity index (χ1v) is 18.2. The molecule has 6 fully saturated rings. The van der Waals surface area contributed by atoms with Gasteiger partial charge in [-0.2, -0.15) is 0 Å². The minimum absolute atomic E-state index is 0.125. The highest BCUT2D eigenvalue weighted by atomic mass is 16.6. The van der Waals surface area contributed by atoms with E-state index in [0.717, 1.165) is 87.3 Å². The number of hydrogen-bond acceptors (Lipinski definition) is 8. The summed E-state index contributed by atoms with van der Waals surface area (Å²) in [6.07, 6.45) is 6.26. The lowest BCUT2D eigenvalue weighted by molar-refractivity contribution is -1.03. The molecule has 0 atom stereocenters. The summed E-state index contributed by atoms with van der Waals surface area (Å²) in [4.78, 5) is 26.2. The van der Waals surface area contributed by atoms with E-state index in [9.17, 15) is 10.1 Å². The number of aromatic nitrogens is 2. The molecule has 6 aliphatic rings. The minimum atomic E-state index is -0.195. The summed E-state index contributed by atoms with van der Waals surface area (Å²) in [5, 5.41) is 19.9. The number of rotatable bonds is 3. The highest BCUT2D eigenvalue weighted by Crippen LogP contribution is 2.36. The fraction of sp³-hybridized carbons (Fsp3) is 0.875. The van der Waals surface area contributed by atoms with E-state index in [1.165, 1.54) is 113 Å². The molecule has 2 N–H and O–H groups in total. The Balaban J connectivity index is 1.02. The van der Waals surface area contributed by atoms with Gasteiger partial charge in [0.2, 0.25) is 11.6 Å². The Hall–Kier alpha value is -2.16. The summed E-state index contributed by atoms with van der Waals surface area (Å²) >= 11 is 0. The maximum atomic E-state index is 12.7. The maximum absolute atomic E-state index is 12.7. The van der Waals surface area contributed by atoms with Crippen molar-refractivity contribution in [3.63, 3.8) is 0 Å². The molecule has 0 saturated carbocycles. The quantitative estimate of drug-likeness (QED) is 0.276. The zero-order valence-electron chi connectivity index (χ0n) is 27.7. The molecule has 0 bridgehead atoms. The van der Waals surface area contributed by atoms with Crippen molar-refractivity contribution in [3.05, 3.63) is 16.4 Å². The number of nitrogens with zero attached hydrogens (tertiary/aromatic N) is 9. The smallest absolute Gasteiger partial charge is 0.345 e. The van der Waals surface area contributed by atoms with Gasteiger partial charge >= 0.3 is 5.69 Å². The summed E-state index contributed by atoms with van der Waals surface area (Å²) in [6.45, 7) is 27.5. The second-order valence-electron chi connectivity index (χ2n) is 15.5. The van der Waals surface area contributed by atoms with Crippen LogP contribution in [0.3, 0.4) is 0 Å². The standard InChI is InChI=1S/C32H59N11O2/c44-39(45)30-31(37-9-3-15-42(19-11-37)25-21-40(22-26-42)13-1-5-33-7-17-40)35-29-36-32(30)38-10-4-16-43(20-12-38)27-23-41(24-28-43)14-2-6-34-8-18-41/h29,33-34H,1-28H2/q+4. The van der Waals surface area contributed by atoms with Crippen molar-refractivity contribution in [1.29, 1.82) is 0 Å². The van der Waals surface area contributed by atoms with Crippen LogP contribution in [-0.4, -0.2) is 190 Å². The Morgan fingerprint density at radius 2 is 0.933 bits per heavy atom. The van der Waals surface area contributed by atoms with Gasteiger partial charge < -0.3 is 38.4 Å². The van der Waals surface area contributed by atoms with E-state index in [4.69, 9.17) is 0 Å². The van der Waals surface area contributed by atoms with Crippen molar-refractivity contribution in [2.45, 2.75) is 25.7 Å². The molecular weight excluding hydrogens is 570 g/mol. The Bertz CT molecular complexity index is 1080. The van der Waals surface area contributed by atoms with E-state index in [-0.39, 0.29) is 10.6 Å². The molecule has 6 saturated heterocycles. The van der Waals surface area contributed by atoms with Crippen LogP contribution in [0.15, 0.2) is 6.33 Å². The lowest BCUT2D eigenvalue weighted by Crippen LogP contribution is -2.68. The van der Waals surface area contributed by atoms with Crippen molar-refractivity contribution in [3.8, 4) is 0 Å². The number of quaternary nitrogens is 4. The monoisotopic (exact) mass is 629 g/mol. The van der Waals surface area contributed by atoms with Gasteiger partial charge in [-0.15, -0.1) is 0 Å². The van der Waals surface area contributed by atoms with E-state index < -0.39 is 0 Å². The van der Waals surface area contributed by atoms with Crippen LogP contribution in [0, 0.1) is 10.1 Å². The second-order valence-corrected chi connectivity index (χ2v) is 15.5. The maximum Gasteiger partial charge on any atom is 0.353 e. The van der Waals surface area contributed by atoms with Crippen LogP contribution in [0.5, 0.6) is 0 Å².